The lowest BCUT2D eigenvalue weighted by molar-refractivity contribution is -0.139. The van der Waals surface area contributed by atoms with Crippen LogP contribution >= 0.6 is 0 Å². The second-order valence-corrected chi connectivity index (χ2v) is 5.54. The second-order valence-electron chi connectivity index (χ2n) is 5.54. The van der Waals surface area contributed by atoms with Crippen LogP contribution in [0, 0.1) is 23.2 Å². The summed E-state index contributed by atoms with van der Waals surface area (Å²) in [6.45, 7) is 5.85. The van der Waals surface area contributed by atoms with Crippen molar-refractivity contribution in [2.24, 2.45) is 17.6 Å². The van der Waals surface area contributed by atoms with Gasteiger partial charge < -0.3 is 15.2 Å². The van der Waals surface area contributed by atoms with Gasteiger partial charge in [0.05, 0.1) is 17.8 Å². The van der Waals surface area contributed by atoms with E-state index in [4.69, 9.17) is 15.2 Å². The number of hydrogen-bond donors (Lipinski definition) is 1. The topological polar surface area (TPSA) is 85.3 Å². The number of nitriles is 1. The van der Waals surface area contributed by atoms with Crippen molar-refractivity contribution in [1.29, 1.82) is 5.26 Å². The van der Waals surface area contributed by atoms with E-state index in [0.717, 1.165) is 5.56 Å². The minimum atomic E-state index is -0.481. The molecule has 0 saturated carbocycles. The number of carbonyl (C=O) groups is 1. The van der Waals surface area contributed by atoms with Crippen LogP contribution < -0.4 is 5.73 Å². The van der Waals surface area contributed by atoms with E-state index in [9.17, 15) is 10.1 Å². The van der Waals surface area contributed by atoms with Gasteiger partial charge in [0, 0.05) is 11.5 Å². The molecule has 0 saturated heterocycles. The summed E-state index contributed by atoms with van der Waals surface area (Å²) in [4.78, 5) is 12.5. The van der Waals surface area contributed by atoms with Crippen LogP contribution in [-0.2, 0) is 14.3 Å². The van der Waals surface area contributed by atoms with Gasteiger partial charge in [-0.3, -0.25) is 0 Å². The Balaban J connectivity index is 2.67. The molecule has 0 spiro atoms. The molecule has 0 bridgehead atoms. The highest BCUT2D eigenvalue weighted by Gasteiger charge is 2.38. The minimum Gasteiger partial charge on any atom is -0.463 e. The number of hydrogen-bond acceptors (Lipinski definition) is 5. The van der Waals surface area contributed by atoms with Gasteiger partial charge in [-0.05, 0) is 12.8 Å². The first-order chi connectivity index (χ1) is 11.0. The van der Waals surface area contributed by atoms with E-state index >= 15 is 0 Å². The van der Waals surface area contributed by atoms with Gasteiger partial charge in [0.15, 0.2) is 0 Å². The zero-order valence-electron chi connectivity index (χ0n) is 13.5. The Morgan fingerprint density at radius 1 is 1.39 bits per heavy atom. The van der Waals surface area contributed by atoms with Gasteiger partial charge in [0.2, 0.25) is 5.88 Å². The normalized spacial score (nSPS) is 17.8. The fraction of sp³-hybridized carbons (Fsp3) is 0.333. The van der Waals surface area contributed by atoms with Gasteiger partial charge in [-0.15, -0.1) is 0 Å². The fourth-order valence-corrected chi connectivity index (χ4v) is 2.68. The molecule has 0 aliphatic carbocycles. The Hall–Kier alpha value is -2.74. The maximum Gasteiger partial charge on any atom is 0.338 e. The van der Waals surface area contributed by atoms with E-state index in [2.05, 4.69) is 6.07 Å². The van der Waals surface area contributed by atoms with Crippen LogP contribution in [0.4, 0.5) is 0 Å². The number of esters is 1. The highest BCUT2D eigenvalue weighted by molar-refractivity contribution is 5.98. The lowest BCUT2D eigenvalue weighted by Crippen LogP contribution is -2.29. The molecule has 0 fully saturated rings. The summed E-state index contributed by atoms with van der Waals surface area (Å²) in [5.74, 6) is -0.545. The van der Waals surface area contributed by atoms with Crippen molar-refractivity contribution in [2.45, 2.75) is 20.8 Å². The Morgan fingerprint density at radius 2 is 2.04 bits per heavy atom. The van der Waals surface area contributed by atoms with Crippen LogP contribution in [0.2, 0.25) is 0 Å². The third-order valence-corrected chi connectivity index (χ3v) is 3.66. The largest absolute Gasteiger partial charge is 0.463 e. The van der Waals surface area contributed by atoms with E-state index in [1.165, 1.54) is 0 Å². The quantitative estimate of drug-likeness (QED) is 0.864. The number of ether oxygens (including phenoxy) is 2. The summed E-state index contributed by atoms with van der Waals surface area (Å²) in [6.07, 6.45) is 0. The Morgan fingerprint density at radius 3 is 2.57 bits per heavy atom. The SMILES string of the molecule is CCOC(=O)C1=C(c2ccccc2)OC(N)=C(C#N)[C@@H]1C(C)C. The standard InChI is InChI=1S/C18H20N2O3/c1-4-22-18(21)15-14(11(2)3)13(10-19)17(20)23-16(15)12-8-6-5-7-9-12/h5-9,11,14H,4,20H2,1-3H3/t14-/m0/s1. The minimum absolute atomic E-state index is 0.00906. The molecule has 1 heterocycles. The maximum atomic E-state index is 12.5. The van der Waals surface area contributed by atoms with Crippen LogP contribution in [0.5, 0.6) is 0 Å². The van der Waals surface area contributed by atoms with Crippen molar-refractivity contribution < 1.29 is 14.3 Å². The Kier molecular flexibility index (Phi) is 5.07. The van der Waals surface area contributed by atoms with E-state index in [1.54, 1.807) is 6.92 Å². The highest BCUT2D eigenvalue weighted by Crippen LogP contribution is 2.40. The molecule has 1 aromatic carbocycles. The van der Waals surface area contributed by atoms with Gasteiger partial charge in [0.1, 0.15) is 11.8 Å². The van der Waals surface area contributed by atoms with Crippen LogP contribution in [0.25, 0.3) is 5.76 Å². The summed E-state index contributed by atoms with van der Waals surface area (Å²) in [5.41, 5.74) is 7.27. The zero-order valence-corrected chi connectivity index (χ0v) is 13.5. The fourth-order valence-electron chi connectivity index (χ4n) is 2.68. The van der Waals surface area contributed by atoms with Crippen molar-refractivity contribution >= 4 is 11.7 Å². The van der Waals surface area contributed by atoms with Gasteiger partial charge in [-0.25, -0.2) is 4.79 Å². The summed E-state index contributed by atoms with van der Waals surface area (Å²) in [6, 6.07) is 11.3. The van der Waals surface area contributed by atoms with Crippen molar-refractivity contribution in [2.75, 3.05) is 6.61 Å². The lowest BCUT2D eigenvalue weighted by atomic mass is 9.79. The summed E-state index contributed by atoms with van der Waals surface area (Å²) in [7, 11) is 0. The van der Waals surface area contributed by atoms with Crippen LogP contribution in [-0.4, -0.2) is 12.6 Å². The number of nitrogens with zero attached hydrogens (tertiary/aromatic N) is 1. The zero-order chi connectivity index (χ0) is 17.0. The van der Waals surface area contributed by atoms with E-state index in [1.807, 2.05) is 44.2 Å². The average Bonchev–Trinajstić information content (AvgIpc) is 2.54. The van der Waals surface area contributed by atoms with E-state index in [0.29, 0.717) is 11.3 Å². The van der Waals surface area contributed by atoms with Crippen LogP contribution in [0.3, 0.4) is 0 Å². The molecule has 0 unspecified atom stereocenters. The molecule has 5 heteroatoms. The van der Waals surface area contributed by atoms with Crippen molar-refractivity contribution in [3.63, 3.8) is 0 Å². The van der Waals surface area contributed by atoms with Gasteiger partial charge in [0.25, 0.3) is 0 Å². The summed E-state index contributed by atoms with van der Waals surface area (Å²) < 4.78 is 10.8. The maximum absolute atomic E-state index is 12.5. The van der Waals surface area contributed by atoms with E-state index < -0.39 is 11.9 Å². The first-order valence-corrected chi connectivity index (χ1v) is 7.55. The van der Waals surface area contributed by atoms with Crippen molar-refractivity contribution in [1.82, 2.24) is 0 Å². The van der Waals surface area contributed by atoms with E-state index in [-0.39, 0.29) is 24.0 Å². The molecule has 1 atom stereocenters. The smallest absolute Gasteiger partial charge is 0.338 e. The van der Waals surface area contributed by atoms with Crippen molar-refractivity contribution in [3.8, 4) is 6.07 Å². The first kappa shape index (κ1) is 16.6. The summed E-state index contributed by atoms with van der Waals surface area (Å²) in [5, 5.41) is 9.42. The summed E-state index contributed by atoms with van der Waals surface area (Å²) >= 11 is 0. The van der Waals surface area contributed by atoms with Crippen LogP contribution in [0.15, 0.2) is 47.4 Å². The second kappa shape index (κ2) is 7.01. The molecule has 0 amide bonds. The molecule has 2 N–H and O–H groups in total. The average molecular weight is 312 g/mol. The molecular formula is C18H20N2O3. The molecular weight excluding hydrogens is 292 g/mol. The molecule has 0 radical (unpaired) electrons. The molecule has 1 aromatic rings. The Labute approximate surface area is 136 Å². The third-order valence-electron chi connectivity index (χ3n) is 3.66. The van der Waals surface area contributed by atoms with Gasteiger partial charge in [-0.2, -0.15) is 5.26 Å². The molecule has 1 aliphatic rings. The van der Waals surface area contributed by atoms with Gasteiger partial charge >= 0.3 is 5.97 Å². The number of carbonyl (C=O) groups excluding carboxylic acids is 1. The monoisotopic (exact) mass is 312 g/mol. The molecule has 0 aromatic heterocycles. The van der Waals surface area contributed by atoms with Crippen LogP contribution in [0.1, 0.15) is 26.3 Å². The number of benzene rings is 1. The lowest BCUT2D eigenvalue weighted by Gasteiger charge is -2.30. The Bertz CT molecular complexity index is 697. The number of rotatable bonds is 4. The molecule has 2 rings (SSSR count). The molecule has 1 aliphatic heterocycles. The highest BCUT2D eigenvalue weighted by atomic mass is 16.5. The predicted octanol–water partition coefficient (Wildman–Crippen LogP) is 2.96. The first-order valence-electron chi connectivity index (χ1n) is 7.55. The molecule has 23 heavy (non-hydrogen) atoms. The number of nitrogens with two attached hydrogens (primary N) is 1. The van der Waals surface area contributed by atoms with Crippen molar-refractivity contribution in [3.05, 3.63) is 52.9 Å². The van der Waals surface area contributed by atoms with Gasteiger partial charge in [-0.1, -0.05) is 44.2 Å². The molecule has 120 valence electrons. The predicted molar refractivity (Wildman–Crippen MR) is 86.2 cm³/mol. The molecule has 5 nitrogen and oxygen atoms in total. The number of allylic oxidation sites excluding steroid dienone is 1. The third kappa shape index (κ3) is 3.21.